The van der Waals surface area contributed by atoms with Crippen LogP contribution in [0.3, 0.4) is 0 Å². The molecular formula is C11H23NO3S. The molecule has 1 aliphatic rings. The molecule has 1 unspecified atom stereocenters. The van der Waals surface area contributed by atoms with Crippen molar-refractivity contribution in [2.75, 3.05) is 25.5 Å². The molecule has 1 saturated heterocycles. The third-order valence-electron chi connectivity index (χ3n) is 3.10. The van der Waals surface area contributed by atoms with Crippen LogP contribution in [0.4, 0.5) is 0 Å². The first kappa shape index (κ1) is 13.9. The van der Waals surface area contributed by atoms with Crippen LogP contribution in [-0.4, -0.2) is 45.2 Å². The van der Waals surface area contributed by atoms with E-state index in [-0.39, 0.29) is 17.0 Å². The van der Waals surface area contributed by atoms with Crippen molar-refractivity contribution in [2.45, 2.75) is 44.4 Å². The quantitative estimate of drug-likeness (QED) is 0.762. The Balaban J connectivity index is 2.54. The fourth-order valence-electron chi connectivity index (χ4n) is 2.06. The van der Waals surface area contributed by atoms with Gasteiger partial charge in [-0.3, -0.25) is 0 Å². The third kappa shape index (κ3) is 4.03. The maximum Gasteiger partial charge on any atom is 0.154 e. The minimum absolute atomic E-state index is 0.0952. The molecule has 96 valence electrons. The van der Waals surface area contributed by atoms with E-state index in [0.29, 0.717) is 26.1 Å². The molecule has 0 bridgehead atoms. The maximum atomic E-state index is 12.1. The highest BCUT2D eigenvalue weighted by Crippen LogP contribution is 2.17. The Labute approximate surface area is 98.7 Å². The van der Waals surface area contributed by atoms with Crippen LogP contribution >= 0.6 is 0 Å². The molecule has 1 N–H and O–H groups in total. The average Bonchev–Trinajstić information content (AvgIpc) is 2.29. The first-order chi connectivity index (χ1) is 7.60. The third-order valence-corrected chi connectivity index (χ3v) is 5.45. The summed E-state index contributed by atoms with van der Waals surface area (Å²) in [5.41, 5.74) is 0. The van der Waals surface area contributed by atoms with E-state index in [4.69, 9.17) is 4.74 Å². The molecule has 0 aliphatic carbocycles. The Hall–Kier alpha value is -0.130. The van der Waals surface area contributed by atoms with Gasteiger partial charge in [0.25, 0.3) is 0 Å². The fourth-order valence-corrected chi connectivity index (χ4v) is 4.16. The Morgan fingerprint density at radius 1 is 1.31 bits per heavy atom. The monoisotopic (exact) mass is 249 g/mol. The molecule has 0 aromatic carbocycles. The van der Waals surface area contributed by atoms with Gasteiger partial charge < -0.3 is 10.1 Å². The predicted octanol–water partition coefficient (Wildman–Crippen LogP) is 0.968. The van der Waals surface area contributed by atoms with Gasteiger partial charge in [-0.05, 0) is 25.8 Å². The molecule has 1 rings (SSSR count). The first-order valence-corrected chi connectivity index (χ1v) is 7.84. The van der Waals surface area contributed by atoms with E-state index in [1.165, 1.54) is 0 Å². The van der Waals surface area contributed by atoms with Gasteiger partial charge in [0, 0.05) is 19.3 Å². The molecule has 16 heavy (non-hydrogen) atoms. The molecule has 1 heterocycles. The second kappa shape index (κ2) is 6.57. The highest BCUT2D eigenvalue weighted by Gasteiger charge is 2.29. The average molecular weight is 249 g/mol. The predicted molar refractivity (Wildman–Crippen MR) is 65.4 cm³/mol. The zero-order valence-electron chi connectivity index (χ0n) is 10.2. The summed E-state index contributed by atoms with van der Waals surface area (Å²) in [6.07, 6.45) is 2.17. The van der Waals surface area contributed by atoms with Gasteiger partial charge in [0.2, 0.25) is 0 Å². The second-order valence-corrected chi connectivity index (χ2v) is 6.63. The van der Waals surface area contributed by atoms with Crippen molar-refractivity contribution in [3.05, 3.63) is 0 Å². The minimum atomic E-state index is -2.96. The number of hydrogen-bond acceptors (Lipinski definition) is 4. The van der Waals surface area contributed by atoms with Gasteiger partial charge in [0.05, 0.1) is 11.0 Å². The van der Waals surface area contributed by atoms with Gasteiger partial charge in [0.15, 0.2) is 9.84 Å². The minimum Gasteiger partial charge on any atom is -0.381 e. The van der Waals surface area contributed by atoms with Crippen molar-refractivity contribution in [1.29, 1.82) is 0 Å². The lowest BCUT2D eigenvalue weighted by Gasteiger charge is -2.24. The van der Waals surface area contributed by atoms with Crippen molar-refractivity contribution in [2.24, 2.45) is 0 Å². The van der Waals surface area contributed by atoms with Gasteiger partial charge in [-0.2, -0.15) is 0 Å². The van der Waals surface area contributed by atoms with Gasteiger partial charge in [-0.15, -0.1) is 0 Å². The largest absolute Gasteiger partial charge is 0.381 e. The van der Waals surface area contributed by atoms with Gasteiger partial charge in [-0.1, -0.05) is 13.8 Å². The Kier molecular flexibility index (Phi) is 5.72. The zero-order valence-corrected chi connectivity index (χ0v) is 11.1. The number of ether oxygens (including phenoxy) is 1. The van der Waals surface area contributed by atoms with Crippen molar-refractivity contribution < 1.29 is 13.2 Å². The number of nitrogens with one attached hydrogen (secondary N) is 1. The van der Waals surface area contributed by atoms with E-state index in [1.807, 2.05) is 13.8 Å². The highest BCUT2D eigenvalue weighted by atomic mass is 32.2. The van der Waals surface area contributed by atoms with Gasteiger partial charge in [0.1, 0.15) is 0 Å². The lowest BCUT2D eigenvalue weighted by Crippen LogP contribution is -2.40. The Morgan fingerprint density at radius 2 is 1.94 bits per heavy atom. The van der Waals surface area contributed by atoms with E-state index in [0.717, 1.165) is 13.0 Å². The normalized spacial score (nSPS) is 20.9. The van der Waals surface area contributed by atoms with Crippen molar-refractivity contribution in [3.8, 4) is 0 Å². The summed E-state index contributed by atoms with van der Waals surface area (Å²) in [5.74, 6) is 0.266. The second-order valence-electron chi connectivity index (χ2n) is 4.30. The molecule has 1 atom stereocenters. The number of hydrogen-bond donors (Lipinski definition) is 1. The summed E-state index contributed by atoms with van der Waals surface area (Å²) < 4.78 is 29.5. The highest BCUT2D eigenvalue weighted by molar-refractivity contribution is 7.92. The molecule has 5 heteroatoms. The summed E-state index contributed by atoms with van der Waals surface area (Å²) in [6.45, 7) is 6.02. The summed E-state index contributed by atoms with van der Waals surface area (Å²) in [5, 5.41) is 3.03. The van der Waals surface area contributed by atoms with Crippen LogP contribution in [0.5, 0.6) is 0 Å². The Bertz CT molecular complexity index is 284. The Morgan fingerprint density at radius 3 is 2.44 bits per heavy atom. The van der Waals surface area contributed by atoms with E-state index in [2.05, 4.69) is 5.32 Å². The summed E-state index contributed by atoms with van der Waals surface area (Å²) in [6, 6.07) is 0.0952. The summed E-state index contributed by atoms with van der Waals surface area (Å²) >= 11 is 0. The van der Waals surface area contributed by atoms with Crippen molar-refractivity contribution >= 4 is 9.84 Å². The molecule has 0 aromatic heterocycles. The van der Waals surface area contributed by atoms with E-state index in [9.17, 15) is 8.42 Å². The molecule has 0 amide bonds. The topological polar surface area (TPSA) is 55.4 Å². The molecular weight excluding hydrogens is 226 g/mol. The van der Waals surface area contributed by atoms with Crippen LogP contribution in [0.1, 0.15) is 33.1 Å². The van der Waals surface area contributed by atoms with Crippen LogP contribution in [0.25, 0.3) is 0 Å². The van der Waals surface area contributed by atoms with E-state index >= 15 is 0 Å². The van der Waals surface area contributed by atoms with Crippen LogP contribution < -0.4 is 5.32 Å². The van der Waals surface area contributed by atoms with Crippen LogP contribution in [0.15, 0.2) is 0 Å². The van der Waals surface area contributed by atoms with Crippen LogP contribution in [-0.2, 0) is 14.6 Å². The van der Waals surface area contributed by atoms with Crippen molar-refractivity contribution in [3.63, 3.8) is 0 Å². The first-order valence-electron chi connectivity index (χ1n) is 6.12. The molecule has 4 nitrogen and oxygen atoms in total. The maximum absolute atomic E-state index is 12.1. The van der Waals surface area contributed by atoms with Crippen LogP contribution in [0.2, 0.25) is 0 Å². The van der Waals surface area contributed by atoms with Crippen molar-refractivity contribution in [1.82, 2.24) is 5.32 Å². The molecule has 0 spiro atoms. The summed E-state index contributed by atoms with van der Waals surface area (Å²) in [4.78, 5) is 0. The number of rotatable bonds is 6. The lowest BCUT2D eigenvalue weighted by atomic mass is 10.2. The fraction of sp³-hybridized carbons (Fsp3) is 1.00. The standard InChI is InChI=1S/C11H23NO3S/c1-3-10(12-4-2)9-16(13,14)11-5-7-15-8-6-11/h10-12H,3-9H2,1-2H3. The molecule has 0 aromatic rings. The smallest absolute Gasteiger partial charge is 0.154 e. The van der Waals surface area contributed by atoms with Gasteiger partial charge >= 0.3 is 0 Å². The number of sulfone groups is 1. The SMILES string of the molecule is CCNC(CC)CS(=O)(=O)C1CCOCC1. The van der Waals surface area contributed by atoms with Gasteiger partial charge in [-0.25, -0.2) is 8.42 Å². The molecule has 1 aliphatic heterocycles. The summed E-state index contributed by atoms with van der Waals surface area (Å²) in [7, 11) is -2.96. The molecule has 0 radical (unpaired) electrons. The molecule has 0 saturated carbocycles. The van der Waals surface area contributed by atoms with E-state index in [1.54, 1.807) is 0 Å². The lowest BCUT2D eigenvalue weighted by molar-refractivity contribution is 0.0983. The van der Waals surface area contributed by atoms with E-state index < -0.39 is 9.84 Å². The zero-order chi connectivity index (χ0) is 12.0. The van der Waals surface area contributed by atoms with Crippen LogP contribution in [0, 0.1) is 0 Å². The molecule has 1 fully saturated rings.